The molecule has 1 aliphatic rings. The van der Waals surface area contributed by atoms with Crippen LogP contribution in [0, 0.1) is 6.92 Å². The minimum Gasteiger partial charge on any atom is -0.395 e. The molecule has 0 amide bonds. The van der Waals surface area contributed by atoms with Crippen LogP contribution in [-0.2, 0) is 10.0 Å². The number of aryl methyl sites for hydroxylation is 1. The van der Waals surface area contributed by atoms with E-state index >= 15 is 0 Å². The van der Waals surface area contributed by atoms with Gasteiger partial charge in [-0.15, -0.1) is 4.83 Å². The zero-order valence-corrected chi connectivity index (χ0v) is 16.5. The predicted octanol–water partition coefficient (Wildman–Crippen LogP) is -0.213. The Morgan fingerprint density at radius 3 is 2.46 bits per heavy atom. The second kappa shape index (κ2) is 8.69. The summed E-state index contributed by atoms with van der Waals surface area (Å²) in [7, 11) is -3.76. The highest BCUT2D eigenvalue weighted by Crippen LogP contribution is 2.26. The highest BCUT2D eigenvalue weighted by molar-refractivity contribution is 7.89. The van der Waals surface area contributed by atoms with Gasteiger partial charge in [-0.2, -0.15) is 0 Å². The number of aliphatic hydroxyl groups excluding tert-OH is 1. The molecule has 1 fully saturated rings. The van der Waals surface area contributed by atoms with E-state index < -0.39 is 10.0 Å². The first-order valence-electron chi connectivity index (χ1n) is 8.94. The number of anilines is 3. The van der Waals surface area contributed by atoms with Crippen LogP contribution in [0.3, 0.4) is 0 Å². The van der Waals surface area contributed by atoms with E-state index in [1.54, 1.807) is 12.1 Å². The molecule has 1 aromatic heterocycles. The highest BCUT2D eigenvalue weighted by Gasteiger charge is 2.21. The Bertz CT molecular complexity index is 897. The SMILES string of the molecule is Cc1ccc(S(=O)(=O)NNc2ncnc(N3CCN(CCO)CC3)c2N)cc1. The Morgan fingerprint density at radius 2 is 1.82 bits per heavy atom. The maximum atomic E-state index is 12.4. The molecule has 0 aliphatic carbocycles. The van der Waals surface area contributed by atoms with Gasteiger partial charge in [0.1, 0.15) is 12.0 Å². The van der Waals surface area contributed by atoms with Crippen LogP contribution >= 0.6 is 0 Å². The normalized spacial score (nSPS) is 15.6. The molecule has 2 heterocycles. The van der Waals surface area contributed by atoms with Gasteiger partial charge in [-0.25, -0.2) is 18.4 Å². The number of nitrogens with one attached hydrogen (secondary N) is 2. The van der Waals surface area contributed by atoms with E-state index in [1.165, 1.54) is 18.5 Å². The first-order valence-corrected chi connectivity index (χ1v) is 10.4. The summed E-state index contributed by atoms with van der Waals surface area (Å²) in [5.41, 5.74) is 10.0. The van der Waals surface area contributed by atoms with Gasteiger partial charge in [0.05, 0.1) is 11.5 Å². The van der Waals surface area contributed by atoms with Crippen LogP contribution in [0.1, 0.15) is 5.56 Å². The fraction of sp³-hybridized carbons (Fsp3) is 0.412. The molecule has 3 rings (SSSR count). The molecule has 1 aliphatic heterocycles. The molecule has 5 N–H and O–H groups in total. The zero-order valence-electron chi connectivity index (χ0n) is 15.7. The average molecular weight is 408 g/mol. The number of hydrazine groups is 1. The van der Waals surface area contributed by atoms with Crippen molar-refractivity contribution < 1.29 is 13.5 Å². The number of hydrogen-bond acceptors (Lipinski definition) is 9. The second-order valence-corrected chi connectivity index (χ2v) is 8.24. The topological polar surface area (TPSA) is 137 Å². The fourth-order valence-electron chi connectivity index (χ4n) is 2.95. The van der Waals surface area contributed by atoms with Crippen molar-refractivity contribution in [3.05, 3.63) is 36.2 Å². The van der Waals surface area contributed by atoms with E-state index in [-0.39, 0.29) is 23.0 Å². The summed E-state index contributed by atoms with van der Waals surface area (Å²) in [5, 5.41) is 9.04. The number of rotatable bonds is 7. The summed E-state index contributed by atoms with van der Waals surface area (Å²) in [6.07, 6.45) is 1.34. The number of hydrogen-bond donors (Lipinski definition) is 4. The quantitative estimate of drug-likeness (QED) is 0.459. The van der Waals surface area contributed by atoms with Crippen molar-refractivity contribution in [1.82, 2.24) is 19.7 Å². The standard InChI is InChI=1S/C17H25N7O3S/c1-13-2-4-14(5-3-13)28(26,27)22-21-16-15(18)17(20-12-19-16)24-8-6-23(7-9-24)10-11-25/h2-5,12,22,25H,6-11,18H2,1H3,(H,19,20,21). The van der Waals surface area contributed by atoms with E-state index in [9.17, 15) is 8.42 Å². The summed E-state index contributed by atoms with van der Waals surface area (Å²) in [6.45, 7) is 5.63. The lowest BCUT2D eigenvalue weighted by molar-refractivity contribution is 0.188. The van der Waals surface area contributed by atoms with Crippen LogP contribution in [0.4, 0.5) is 17.3 Å². The third-order valence-corrected chi connectivity index (χ3v) is 5.85. The van der Waals surface area contributed by atoms with Gasteiger partial charge >= 0.3 is 0 Å². The molecular formula is C17H25N7O3S. The number of piperazine rings is 1. The molecule has 0 atom stereocenters. The Balaban J connectivity index is 1.69. The maximum Gasteiger partial charge on any atom is 0.257 e. The lowest BCUT2D eigenvalue weighted by Crippen LogP contribution is -2.47. The number of sulfonamides is 1. The smallest absolute Gasteiger partial charge is 0.257 e. The molecule has 0 unspecified atom stereocenters. The lowest BCUT2D eigenvalue weighted by Gasteiger charge is -2.35. The van der Waals surface area contributed by atoms with Crippen LogP contribution in [0.2, 0.25) is 0 Å². The number of nitrogens with two attached hydrogens (primary N) is 1. The molecule has 0 spiro atoms. The van der Waals surface area contributed by atoms with Gasteiger partial charge in [0, 0.05) is 32.7 Å². The van der Waals surface area contributed by atoms with E-state index in [2.05, 4.69) is 25.1 Å². The molecule has 152 valence electrons. The maximum absolute atomic E-state index is 12.4. The number of aromatic nitrogens is 2. The van der Waals surface area contributed by atoms with Gasteiger partial charge in [-0.05, 0) is 19.1 Å². The summed E-state index contributed by atoms with van der Waals surface area (Å²) in [4.78, 5) is 14.9. The van der Waals surface area contributed by atoms with Crippen molar-refractivity contribution in [2.24, 2.45) is 0 Å². The largest absolute Gasteiger partial charge is 0.395 e. The molecule has 2 aromatic rings. The lowest BCUT2D eigenvalue weighted by atomic mass is 10.2. The number of nitrogens with zero attached hydrogens (tertiary/aromatic N) is 4. The zero-order chi connectivity index (χ0) is 20.1. The van der Waals surface area contributed by atoms with Crippen molar-refractivity contribution in [2.45, 2.75) is 11.8 Å². The van der Waals surface area contributed by atoms with Crippen molar-refractivity contribution in [1.29, 1.82) is 0 Å². The van der Waals surface area contributed by atoms with Gasteiger partial charge in [-0.3, -0.25) is 10.3 Å². The van der Waals surface area contributed by atoms with Crippen LogP contribution in [0.5, 0.6) is 0 Å². The van der Waals surface area contributed by atoms with Gasteiger partial charge < -0.3 is 15.7 Å². The van der Waals surface area contributed by atoms with Crippen LogP contribution in [0.25, 0.3) is 0 Å². The summed E-state index contributed by atoms with van der Waals surface area (Å²) >= 11 is 0. The Labute approximate surface area is 164 Å². The van der Waals surface area contributed by atoms with Gasteiger partial charge in [-0.1, -0.05) is 17.7 Å². The predicted molar refractivity (Wildman–Crippen MR) is 107 cm³/mol. The Hall–Kier alpha value is -2.47. The van der Waals surface area contributed by atoms with Crippen LogP contribution in [0.15, 0.2) is 35.5 Å². The Kier molecular flexibility index (Phi) is 6.29. The summed E-state index contributed by atoms with van der Waals surface area (Å²) < 4.78 is 24.8. The number of benzene rings is 1. The first kappa shape index (κ1) is 20.3. The second-order valence-electron chi connectivity index (χ2n) is 6.56. The average Bonchev–Trinajstić information content (AvgIpc) is 2.69. The number of β-amino-alcohol motifs (C(OH)–C–C–N with tert-alkyl or cyclic N) is 1. The van der Waals surface area contributed by atoms with Crippen LogP contribution < -0.4 is 20.9 Å². The third kappa shape index (κ3) is 4.68. The minimum absolute atomic E-state index is 0.130. The van der Waals surface area contributed by atoms with Crippen molar-refractivity contribution >= 4 is 27.3 Å². The molecule has 0 bridgehead atoms. The van der Waals surface area contributed by atoms with E-state index in [4.69, 9.17) is 10.8 Å². The van der Waals surface area contributed by atoms with Crippen molar-refractivity contribution in [3.63, 3.8) is 0 Å². The number of nitrogen functional groups attached to an aromatic ring is 1. The van der Waals surface area contributed by atoms with E-state index in [0.717, 1.165) is 18.7 Å². The molecule has 0 radical (unpaired) electrons. The van der Waals surface area contributed by atoms with Crippen LogP contribution in [-0.4, -0.2) is 67.7 Å². The van der Waals surface area contributed by atoms with E-state index in [0.29, 0.717) is 25.5 Å². The molecule has 1 saturated heterocycles. The van der Waals surface area contributed by atoms with Gasteiger partial charge in [0.2, 0.25) is 0 Å². The summed E-state index contributed by atoms with van der Waals surface area (Å²) in [6, 6.07) is 6.50. The molecule has 10 nitrogen and oxygen atoms in total. The van der Waals surface area contributed by atoms with Gasteiger partial charge in [0.25, 0.3) is 10.0 Å². The molecule has 11 heteroatoms. The van der Waals surface area contributed by atoms with E-state index in [1.807, 2.05) is 11.8 Å². The highest BCUT2D eigenvalue weighted by atomic mass is 32.2. The molecule has 1 aromatic carbocycles. The minimum atomic E-state index is -3.76. The number of aliphatic hydroxyl groups is 1. The van der Waals surface area contributed by atoms with Crippen molar-refractivity contribution in [2.75, 3.05) is 55.4 Å². The molecule has 28 heavy (non-hydrogen) atoms. The van der Waals surface area contributed by atoms with Crippen molar-refractivity contribution in [3.8, 4) is 0 Å². The third-order valence-electron chi connectivity index (χ3n) is 4.59. The Morgan fingerprint density at radius 1 is 1.14 bits per heavy atom. The molecular weight excluding hydrogens is 382 g/mol. The molecule has 0 saturated carbocycles. The van der Waals surface area contributed by atoms with Gasteiger partial charge in [0.15, 0.2) is 11.6 Å². The first-order chi connectivity index (χ1) is 13.4. The monoisotopic (exact) mass is 407 g/mol. The fourth-order valence-corrected chi connectivity index (χ4v) is 3.80. The summed E-state index contributed by atoms with van der Waals surface area (Å²) in [5.74, 6) is 0.745.